The fourth-order valence-corrected chi connectivity index (χ4v) is 4.83. The van der Waals surface area contributed by atoms with Crippen LogP contribution >= 0.6 is 0 Å². The second-order valence-electron chi connectivity index (χ2n) is 8.34. The number of nitrogens with zero attached hydrogens (tertiary/aromatic N) is 2. The van der Waals surface area contributed by atoms with E-state index in [4.69, 9.17) is 4.74 Å². The van der Waals surface area contributed by atoms with Crippen molar-refractivity contribution in [3.63, 3.8) is 0 Å². The van der Waals surface area contributed by atoms with Gasteiger partial charge in [-0.2, -0.15) is 18.6 Å². The molecule has 0 bridgehead atoms. The van der Waals surface area contributed by atoms with Crippen LogP contribution in [0.2, 0.25) is 0 Å². The van der Waals surface area contributed by atoms with Gasteiger partial charge in [0.05, 0.1) is 13.0 Å². The van der Waals surface area contributed by atoms with Gasteiger partial charge in [-0.15, -0.1) is 0 Å². The SMILES string of the molecule is CC(C)c1cc(F)cc(C(C)C)c1CC(=O)CS(=O)(=O)c1cc2n(n1)C(F)(F)CCO2. The van der Waals surface area contributed by atoms with Gasteiger partial charge in [0.25, 0.3) is 0 Å². The van der Waals surface area contributed by atoms with Gasteiger partial charge < -0.3 is 4.74 Å². The topological polar surface area (TPSA) is 78.3 Å². The summed E-state index contributed by atoms with van der Waals surface area (Å²) in [6.07, 6.45) is -0.832. The first kappa shape index (κ1) is 23.3. The Labute approximate surface area is 179 Å². The molecular formula is C21H25F3N2O4S. The third-order valence-electron chi connectivity index (χ3n) is 5.19. The number of ketones is 1. The fourth-order valence-electron chi connectivity index (χ4n) is 3.67. The Hall–Kier alpha value is -2.36. The van der Waals surface area contributed by atoms with Crippen molar-refractivity contribution in [2.75, 3.05) is 12.4 Å². The summed E-state index contributed by atoms with van der Waals surface area (Å²) >= 11 is 0. The second-order valence-corrected chi connectivity index (χ2v) is 10.3. The van der Waals surface area contributed by atoms with Gasteiger partial charge in [-0.05, 0) is 40.7 Å². The fraction of sp³-hybridized carbons (Fsp3) is 0.524. The Bertz CT molecular complexity index is 1080. The van der Waals surface area contributed by atoms with Gasteiger partial charge in [0, 0.05) is 12.5 Å². The molecule has 0 atom stereocenters. The van der Waals surface area contributed by atoms with Crippen LogP contribution in [0.5, 0.6) is 5.88 Å². The zero-order valence-electron chi connectivity index (χ0n) is 17.8. The number of hydrogen-bond donors (Lipinski definition) is 0. The molecule has 3 rings (SSSR count). The predicted molar refractivity (Wildman–Crippen MR) is 108 cm³/mol. The van der Waals surface area contributed by atoms with Crippen LogP contribution in [0.25, 0.3) is 0 Å². The highest BCUT2D eigenvalue weighted by Crippen LogP contribution is 2.35. The highest BCUT2D eigenvalue weighted by atomic mass is 32.2. The van der Waals surface area contributed by atoms with Crippen LogP contribution in [0.4, 0.5) is 13.2 Å². The van der Waals surface area contributed by atoms with Gasteiger partial charge in [-0.25, -0.2) is 12.8 Å². The molecule has 0 amide bonds. The highest BCUT2D eigenvalue weighted by molar-refractivity contribution is 7.92. The van der Waals surface area contributed by atoms with Crippen LogP contribution in [0.1, 0.15) is 62.6 Å². The number of sulfone groups is 1. The first-order valence-corrected chi connectivity index (χ1v) is 11.6. The van der Waals surface area contributed by atoms with Crippen molar-refractivity contribution in [3.8, 4) is 5.88 Å². The van der Waals surface area contributed by atoms with E-state index in [0.717, 1.165) is 6.07 Å². The summed E-state index contributed by atoms with van der Waals surface area (Å²) in [5, 5.41) is 2.86. The number of rotatable bonds is 7. The molecule has 0 N–H and O–H groups in total. The third-order valence-corrected chi connectivity index (χ3v) is 6.73. The Morgan fingerprint density at radius 2 is 1.74 bits per heavy atom. The minimum Gasteiger partial charge on any atom is -0.477 e. The van der Waals surface area contributed by atoms with E-state index in [1.165, 1.54) is 12.1 Å². The van der Waals surface area contributed by atoms with E-state index in [1.54, 1.807) is 0 Å². The van der Waals surface area contributed by atoms with Crippen LogP contribution in [-0.4, -0.2) is 36.3 Å². The molecular weight excluding hydrogens is 433 g/mol. The average molecular weight is 459 g/mol. The minimum absolute atomic E-state index is 0.0770. The molecule has 10 heteroatoms. The first-order chi connectivity index (χ1) is 14.3. The largest absolute Gasteiger partial charge is 0.477 e. The molecule has 2 aromatic rings. The number of ether oxygens (including phenoxy) is 1. The van der Waals surface area contributed by atoms with E-state index in [1.807, 2.05) is 27.7 Å². The predicted octanol–water partition coefficient (Wildman–Crippen LogP) is 4.19. The van der Waals surface area contributed by atoms with E-state index in [0.29, 0.717) is 16.7 Å². The summed E-state index contributed by atoms with van der Waals surface area (Å²) < 4.78 is 72.7. The number of carbonyl (C=O) groups excluding carboxylic acids is 1. The molecule has 0 unspecified atom stereocenters. The Morgan fingerprint density at radius 1 is 1.16 bits per heavy atom. The highest BCUT2D eigenvalue weighted by Gasteiger charge is 2.40. The van der Waals surface area contributed by atoms with Crippen LogP contribution in [0.15, 0.2) is 23.2 Å². The quantitative estimate of drug-likeness (QED) is 0.622. The van der Waals surface area contributed by atoms with Crippen molar-refractivity contribution in [2.45, 2.75) is 63.4 Å². The van der Waals surface area contributed by atoms with Gasteiger partial charge in [-0.3, -0.25) is 4.79 Å². The van der Waals surface area contributed by atoms with Crippen LogP contribution in [0.3, 0.4) is 0 Å². The molecule has 6 nitrogen and oxygen atoms in total. The summed E-state index contributed by atoms with van der Waals surface area (Å²) in [6, 6.07) is 0.261. The molecule has 0 saturated carbocycles. The standard InChI is InChI=1S/C21H25F3N2O4S/c1-12(2)16-7-14(22)8-17(13(3)4)18(16)9-15(27)11-31(28,29)19-10-20-26(25-19)21(23,24)5-6-30-20/h7-8,10,12-13H,5-6,9,11H2,1-4H3. The molecule has 1 aromatic heterocycles. The molecule has 0 spiro atoms. The maximum Gasteiger partial charge on any atom is 0.349 e. The Morgan fingerprint density at radius 3 is 2.26 bits per heavy atom. The van der Waals surface area contributed by atoms with Gasteiger partial charge in [0.1, 0.15) is 11.6 Å². The number of Topliss-reactive ketones (excluding diaryl/α,β-unsaturated/α-hetero) is 1. The first-order valence-electron chi connectivity index (χ1n) is 9.99. The molecule has 0 aliphatic carbocycles. The number of hydrogen-bond acceptors (Lipinski definition) is 5. The van der Waals surface area contributed by atoms with Gasteiger partial charge in [-0.1, -0.05) is 27.7 Å². The monoisotopic (exact) mass is 458 g/mol. The number of fused-ring (bicyclic) bond motifs is 1. The van der Waals surface area contributed by atoms with E-state index >= 15 is 0 Å². The lowest BCUT2D eigenvalue weighted by molar-refractivity contribution is -0.129. The van der Waals surface area contributed by atoms with Crippen molar-refractivity contribution in [1.29, 1.82) is 0 Å². The summed E-state index contributed by atoms with van der Waals surface area (Å²) in [5.41, 5.74) is 1.88. The lowest BCUT2D eigenvalue weighted by Crippen LogP contribution is -2.32. The molecule has 170 valence electrons. The van der Waals surface area contributed by atoms with E-state index in [2.05, 4.69) is 5.10 Å². The molecule has 31 heavy (non-hydrogen) atoms. The van der Waals surface area contributed by atoms with Crippen molar-refractivity contribution < 1.29 is 31.1 Å². The lowest BCUT2D eigenvalue weighted by atomic mass is 9.86. The maximum atomic E-state index is 14.1. The number of alkyl halides is 2. The summed E-state index contributed by atoms with van der Waals surface area (Å²) in [5.74, 6) is -2.46. The summed E-state index contributed by atoms with van der Waals surface area (Å²) in [6.45, 7) is 7.18. The second kappa shape index (κ2) is 8.29. The van der Waals surface area contributed by atoms with Crippen LogP contribution < -0.4 is 4.74 Å². The molecule has 0 fully saturated rings. The van der Waals surface area contributed by atoms with Gasteiger partial charge in [0.15, 0.2) is 10.8 Å². The van der Waals surface area contributed by atoms with E-state index < -0.39 is 44.7 Å². The maximum absolute atomic E-state index is 14.1. The molecule has 2 heterocycles. The Balaban J connectivity index is 1.89. The lowest BCUT2D eigenvalue weighted by Gasteiger charge is -2.23. The summed E-state index contributed by atoms with van der Waals surface area (Å²) in [7, 11) is -4.27. The van der Waals surface area contributed by atoms with Gasteiger partial charge >= 0.3 is 6.05 Å². The zero-order chi connectivity index (χ0) is 23.1. The smallest absolute Gasteiger partial charge is 0.349 e. The van der Waals surface area contributed by atoms with E-state index in [-0.39, 0.29) is 35.4 Å². The minimum atomic E-state index is -4.27. The third kappa shape index (κ3) is 4.78. The van der Waals surface area contributed by atoms with E-state index in [9.17, 15) is 26.4 Å². The Kier molecular flexibility index (Phi) is 6.23. The average Bonchev–Trinajstić information content (AvgIpc) is 3.08. The normalized spacial score (nSPS) is 15.8. The van der Waals surface area contributed by atoms with Crippen molar-refractivity contribution in [1.82, 2.24) is 9.78 Å². The molecule has 0 radical (unpaired) electrons. The van der Waals surface area contributed by atoms with Crippen LogP contribution in [0, 0.1) is 5.82 Å². The number of halogens is 3. The molecule has 1 aromatic carbocycles. The van der Waals surface area contributed by atoms with Crippen molar-refractivity contribution in [2.24, 2.45) is 0 Å². The molecule has 1 aliphatic rings. The zero-order valence-corrected chi connectivity index (χ0v) is 18.6. The van der Waals surface area contributed by atoms with Crippen molar-refractivity contribution in [3.05, 3.63) is 40.7 Å². The van der Waals surface area contributed by atoms with Crippen LogP contribution in [-0.2, 0) is 27.1 Å². The molecule has 1 aliphatic heterocycles. The number of aromatic nitrogens is 2. The number of benzene rings is 1. The summed E-state index contributed by atoms with van der Waals surface area (Å²) in [4.78, 5) is 12.7. The van der Waals surface area contributed by atoms with Gasteiger partial charge in [0.2, 0.25) is 15.7 Å². The molecule has 0 saturated heterocycles. The van der Waals surface area contributed by atoms with Crippen molar-refractivity contribution >= 4 is 15.6 Å². The number of carbonyl (C=O) groups is 1.